The van der Waals surface area contributed by atoms with Crippen molar-refractivity contribution in [1.82, 2.24) is 0 Å². The lowest BCUT2D eigenvalue weighted by atomic mass is 9.78. The first-order valence-corrected chi connectivity index (χ1v) is 7.32. The highest BCUT2D eigenvalue weighted by Gasteiger charge is 2.25. The molecule has 0 aromatic rings. The van der Waals surface area contributed by atoms with Gasteiger partial charge in [-0.3, -0.25) is 0 Å². The molecule has 0 saturated heterocycles. The first kappa shape index (κ1) is 15.4. The summed E-state index contributed by atoms with van der Waals surface area (Å²) < 4.78 is 0. The van der Waals surface area contributed by atoms with Crippen LogP contribution in [0.2, 0.25) is 0 Å². The molecule has 0 saturated carbocycles. The third kappa shape index (κ3) is 5.91. The lowest BCUT2D eigenvalue weighted by Gasteiger charge is -2.33. The van der Waals surface area contributed by atoms with E-state index in [1.54, 1.807) is 0 Å². The summed E-state index contributed by atoms with van der Waals surface area (Å²) >= 11 is 0. The Labute approximate surface area is 99.8 Å². The Bertz CT molecular complexity index is 151. The minimum absolute atomic E-state index is 0.786. The van der Waals surface area contributed by atoms with Crippen molar-refractivity contribution < 1.29 is 0 Å². The normalized spacial score (nSPS) is 18.2. The van der Waals surface area contributed by atoms with Crippen LogP contribution in [-0.2, 0) is 0 Å². The van der Waals surface area contributed by atoms with Crippen molar-refractivity contribution in [2.75, 3.05) is 0 Å². The molecule has 0 fully saturated rings. The summed E-state index contributed by atoms with van der Waals surface area (Å²) in [6.45, 7) is 14.1. The summed E-state index contributed by atoms with van der Waals surface area (Å²) in [4.78, 5) is 0. The molecule has 92 valence electrons. The highest BCUT2D eigenvalue weighted by molar-refractivity contribution is 7.17. The van der Waals surface area contributed by atoms with E-state index in [2.05, 4.69) is 50.8 Å². The molecule has 15 heavy (non-hydrogen) atoms. The summed E-state index contributed by atoms with van der Waals surface area (Å²) in [6.07, 6.45) is 4.09. The van der Waals surface area contributed by atoms with Gasteiger partial charge in [0.15, 0.2) is 0 Å². The van der Waals surface area contributed by atoms with Gasteiger partial charge in [-0.25, -0.2) is 0 Å². The van der Waals surface area contributed by atoms with Crippen LogP contribution in [0.4, 0.5) is 0 Å². The second-order valence-electron chi connectivity index (χ2n) is 5.88. The molecule has 0 heterocycles. The molecule has 0 aromatic carbocycles. The molecule has 0 bridgehead atoms. The van der Waals surface area contributed by atoms with Crippen molar-refractivity contribution in [2.24, 2.45) is 23.7 Å². The lowest BCUT2D eigenvalue weighted by Crippen LogP contribution is -2.27. The van der Waals surface area contributed by atoms with Crippen LogP contribution < -0.4 is 0 Å². The van der Waals surface area contributed by atoms with Gasteiger partial charge in [-0.2, -0.15) is 0 Å². The fraction of sp³-hybridized carbons (Fsp3) is 1.00. The molecule has 0 amide bonds. The zero-order chi connectivity index (χ0) is 12.0. The predicted molar refractivity (Wildman–Crippen MR) is 75.4 cm³/mol. The largest absolute Gasteiger partial charge is 0.134 e. The Kier molecular flexibility index (Phi) is 7.88. The van der Waals surface area contributed by atoms with Gasteiger partial charge in [0.05, 0.1) is 0 Å². The molecule has 0 aliphatic carbocycles. The minimum Gasteiger partial charge on any atom is -0.134 e. The zero-order valence-corrected chi connectivity index (χ0v) is 12.7. The van der Waals surface area contributed by atoms with Crippen LogP contribution in [0.3, 0.4) is 0 Å². The topological polar surface area (TPSA) is 0 Å². The molecule has 0 N–H and O–H groups in total. The number of rotatable bonds is 7. The SMILES string of the molecule is CCCC(C)C(CC(C)C)C(P)C(C)C. The predicted octanol–water partition coefficient (Wildman–Crippen LogP) is 4.98. The molecule has 0 radical (unpaired) electrons. The van der Waals surface area contributed by atoms with Crippen molar-refractivity contribution >= 4 is 9.24 Å². The van der Waals surface area contributed by atoms with E-state index in [1.165, 1.54) is 19.3 Å². The van der Waals surface area contributed by atoms with Crippen molar-refractivity contribution in [3.05, 3.63) is 0 Å². The van der Waals surface area contributed by atoms with Gasteiger partial charge in [0.25, 0.3) is 0 Å². The zero-order valence-electron chi connectivity index (χ0n) is 11.6. The highest BCUT2D eigenvalue weighted by Crippen LogP contribution is 2.34. The van der Waals surface area contributed by atoms with Crippen LogP contribution in [0, 0.1) is 23.7 Å². The van der Waals surface area contributed by atoms with Crippen LogP contribution in [0.25, 0.3) is 0 Å². The molecule has 0 spiro atoms. The third-order valence-corrected chi connectivity index (χ3v) is 4.75. The van der Waals surface area contributed by atoms with Crippen LogP contribution in [0.15, 0.2) is 0 Å². The maximum Gasteiger partial charge on any atom is -0.0210 e. The van der Waals surface area contributed by atoms with Crippen molar-refractivity contribution in [1.29, 1.82) is 0 Å². The summed E-state index contributed by atoms with van der Waals surface area (Å²) in [5.41, 5.74) is 0.786. The molecule has 0 nitrogen and oxygen atoms in total. The second kappa shape index (κ2) is 7.66. The molecule has 4 unspecified atom stereocenters. The summed E-state index contributed by atoms with van der Waals surface area (Å²) in [6, 6.07) is 0. The molecule has 0 rings (SSSR count). The highest BCUT2D eigenvalue weighted by atomic mass is 31.0. The van der Waals surface area contributed by atoms with Crippen LogP contribution >= 0.6 is 9.24 Å². The van der Waals surface area contributed by atoms with Gasteiger partial charge in [0, 0.05) is 0 Å². The van der Waals surface area contributed by atoms with Gasteiger partial charge in [-0.15, -0.1) is 9.24 Å². The molecular formula is C14H31P. The number of hydrogen-bond donors (Lipinski definition) is 0. The Hall–Kier alpha value is 0.430. The van der Waals surface area contributed by atoms with Crippen molar-refractivity contribution in [2.45, 2.75) is 66.5 Å². The fourth-order valence-corrected chi connectivity index (χ4v) is 3.01. The van der Waals surface area contributed by atoms with Crippen LogP contribution in [0.5, 0.6) is 0 Å². The van der Waals surface area contributed by atoms with E-state index in [4.69, 9.17) is 0 Å². The van der Waals surface area contributed by atoms with Gasteiger partial charge in [-0.05, 0) is 35.8 Å². The maximum atomic E-state index is 3.10. The number of hydrogen-bond acceptors (Lipinski definition) is 0. The molecule has 4 atom stereocenters. The Balaban J connectivity index is 4.41. The fourth-order valence-electron chi connectivity index (χ4n) is 2.48. The molecule has 0 aliphatic heterocycles. The molecule has 0 aromatic heterocycles. The average molecular weight is 230 g/mol. The van der Waals surface area contributed by atoms with Crippen molar-refractivity contribution in [3.8, 4) is 0 Å². The van der Waals surface area contributed by atoms with Gasteiger partial charge in [-0.1, -0.05) is 54.4 Å². The van der Waals surface area contributed by atoms with Gasteiger partial charge >= 0.3 is 0 Å². The van der Waals surface area contributed by atoms with Gasteiger partial charge in [0.2, 0.25) is 0 Å². The van der Waals surface area contributed by atoms with E-state index >= 15 is 0 Å². The van der Waals surface area contributed by atoms with Crippen molar-refractivity contribution in [3.63, 3.8) is 0 Å². The van der Waals surface area contributed by atoms with E-state index in [-0.39, 0.29) is 0 Å². The van der Waals surface area contributed by atoms with Crippen LogP contribution in [-0.4, -0.2) is 5.66 Å². The second-order valence-corrected chi connectivity index (χ2v) is 6.65. The third-order valence-electron chi connectivity index (χ3n) is 3.48. The molecule has 1 heteroatoms. The van der Waals surface area contributed by atoms with Gasteiger partial charge < -0.3 is 0 Å². The van der Waals surface area contributed by atoms with Gasteiger partial charge in [0.1, 0.15) is 0 Å². The minimum atomic E-state index is 0.786. The molecular weight excluding hydrogens is 199 g/mol. The van der Waals surface area contributed by atoms with E-state index in [9.17, 15) is 0 Å². The smallest absolute Gasteiger partial charge is 0.0210 e. The van der Waals surface area contributed by atoms with E-state index in [0.717, 1.165) is 29.3 Å². The Morgan fingerprint density at radius 1 is 1.00 bits per heavy atom. The van der Waals surface area contributed by atoms with E-state index < -0.39 is 0 Å². The quantitative estimate of drug-likeness (QED) is 0.541. The first-order chi connectivity index (χ1) is 6.90. The summed E-state index contributed by atoms with van der Waals surface area (Å²) in [5.74, 6) is 3.38. The maximum absolute atomic E-state index is 3.10. The monoisotopic (exact) mass is 230 g/mol. The van der Waals surface area contributed by atoms with E-state index in [1.807, 2.05) is 0 Å². The first-order valence-electron chi connectivity index (χ1n) is 6.65. The summed E-state index contributed by atoms with van der Waals surface area (Å²) in [7, 11) is 3.10. The molecule has 0 aliphatic rings. The van der Waals surface area contributed by atoms with E-state index in [0.29, 0.717) is 0 Å². The Morgan fingerprint density at radius 2 is 1.53 bits per heavy atom. The Morgan fingerprint density at radius 3 is 1.87 bits per heavy atom. The van der Waals surface area contributed by atoms with Crippen LogP contribution in [0.1, 0.15) is 60.8 Å². The average Bonchev–Trinajstić information content (AvgIpc) is 2.13. The standard InChI is InChI=1S/C14H31P/c1-7-8-12(6)13(9-10(2)3)14(15)11(4)5/h10-14H,7-9,15H2,1-6H3. The summed E-state index contributed by atoms with van der Waals surface area (Å²) in [5, 5.41) is 0. The lowest BCUT2D eigenvalue weighted by molar-refractivity contribution is 0.251.